The van der Waals surface area contributed by atoms with Crippen LogP contribution in [-0.4, -0.2) is 125 Å². The first kappa shape index (κ1) is 54.4. The van der Waals surface area contributed by atoms with Crippen LogP contribution in [0.15, 0.2) is 109 Å². The van der Waals surface area contributed by atoms with Gasteiger partial charge in [0.25, 0.3) is 5.69 Å². The largest absolute Gasteiger partial charge is 0.652 e. The Morgan fingerprint density at radius 2 is 1.06 bits per heavy atom. The van der Waals surface area contributed by atoms with Gasteiger partial charge in [-0.05, 0) is 55.4 Å². The van der Waals surface area contributed by atoms with E-state index >= 15 is 0 Å². The van der Waals surface area contributed by atoms with E-state index in [1.165, 1.54) is 21.5 Å². The topological polar surface area (TPSA) is 206 Å². The van der Waals surface area contributed by atoms with E-state index in [1.807, 2.05) is 84.9 Å². The minimum Gasteiger partial charge on any atom is -0.441 e. The lowest BCUT2D eigenvalue weighted by molar-refractivity contribution is -0.384. The molecule has 18 nitrogen and oxygen atoms in total. The number of amides is 2. The normalized spacial score (nSPS) is 23.0. The lowest BCUT2D eigenvalue weighted by Gasteiger charge is -2.28. The van der Waals surface area contributed by atoms with Crippen molar-refractivity contribution in [3.8, 4) is 0 Å². The Kier molecular flexibility index (Phi) is 20.0. The van der Waals surface area contributed by atoms with E-state index < -0.39 is 57.8 Å². The maximum atomic E-state index is 13.1. The van der Waals surface area contributed by atoms with Gasteiger partial charge in [0.15, 0.2) is 12.2 Å². The molecule has 2 N–H and O–H groups in total. The molecule has 2 unspecified atom stereocenters. The van der Waals surface area contributed by atoms with Gasteiger partial charge in [-0.2, -0.15) is 0 Å². The van der Waals surface area contributed by atoms with E-state index in [1.54, 1.807) is 12.1 Å². The van der Waals surface area contributed by atoms with Crippen molar-refractivity contribution in [1.29, 1.82) is 0 Å². The molecule has 386 valence electrons. The third-order valence-corrected chi connectivity index (χ3v) is 15.1. The van der Waals surface area contributed by atoms with Gasteiger partial charge in [0.1, 0.15) is 24.3 Å². The molecule has 8 atom stereocenters. The molecule has 8 rings (SSSR count). The van der Waals surface area contributed by atoms with Crippen molar-refractivity contribution in [1.82, 2.24) is 19.1 Å². The molecule has 4 heterocycles. The van der Waals surface area contributed by atoms with Crippen LogP contribution in [0.5, 0.6) is 0 Å². The van der Waals surface area contributed by atoms with Gasteiger partial charge >= 0.3 is 28.5 Å². The number of nitrogens with two attached hydrogens (primary N) is 1. The fourth-order valence-corrected chi connectivity index (χ4v) is 11.7. The summed E-state index contributed by atoms with van der Waals surface area (Å²) in [4.78, 5) is 41.3. The first-order chi connectivity index (χ1) is 34.7. The van der Waals surface area contributed by atoms with Gasteiger partial charge in [0, 0.05) is 82.8 Å². The molecule has 0 aromatic heterocycles. The zero-order chi connectivity index (χ0) is 51.1. The highest BCUT2D eigenvalue weighted by Gasteiger charge is 2.58. The fraction of sp³-hybridized carbons (Fsp3) is 0.500. The highest BCUT2D eigenvalue weighted by atomic mass is 31.1. The number of ether oxygens (including phenoxy) is 4. The zero-order valence-electron chi connectivity index (χ0n) is 41.5. The highest BCUT2D eigenvalue weighted by molar-refractivity contribution is 7.37. The van der Waals surface area contributed by atoms with Gasteiger partial charge in [0.2, 0.25) is 0 Å². The van der Waals surface area contributed by atoms with Crippen LogP contribution in [0.3, 0.4) is 0 Å². The van der Waals surface area contributed by atoms with Crippen LogP contribution >= 0.6 is 16.4 Å². The Balaban J connectivity index is 0.000000212. The number of nitrogens with zero attached hydrogens (tertiary/aromatic N) is 5. The van der Waals surface area contributed by atoms with Crippen molar-refractivity contribution in [2.75, 3.05) is 58.3 Å². The average Bonchev–Trinajstić information content (AvgIpc) is 4.17. The standard InChI is InChI=1S/C26H33N3O7P.C26H35N3O5P/c1-19(2)15-27(16-21-8-10-22(11-9-21)29(31)32)17-25-24(14-20-6-4-3-5-7-20)28(37(33)36-25)26(30)35-23-12-13-34-18-23;1-19(2)15-28(16-21-8-10-22(27)11-9-21)17-25-24(14-20-6-4-3-5-7-20)29(35(31)34-25)26(30)33-23-12-13-32-18-23/h3-11,19,23-25H,12-18H2,1-2H3;3-11,19,23-25H,12-18,27H2,1-2H3/q2*+1/t2*23-,24-,25+/m00/s1. The summed E-state index contributed by atoms with van der Waals surface area (Å²) in [5.41, 5.74) is 10.7. The summed E-state index contributed by atoms with van der Waals surface area (Å²) in [7, 11) is -4.77. The number of anilines is 1. The number of nitro benzene ring substituents is 1. The number of hydrogen-bond donors (Lipinski definition) is 1. The molecule has 4 saturated heterocycles. The number of carbonyl (C=O) groups is 2. The third-order valence-electron chi connectivity index (χ3n) is 12.6. The zero-order valence-corrected chi connectivity index (χ0v) is 43.3. The second kappa shape index (κ2) is 26.5. The van der Waals surface area contributed by atoms with Crippen LogP contribution in [0, 0.1) is 22.0 Å². The van der Waals surface area contributed by atoms with Crippen molar-refractivity contribution in [3.63, 3.8) is 0 Å². The molecular formula is C52H68N6O12P2+2. The van der Waals surface area contributed by atoms with Crippen molar-refractivity contribution < 1.29 is 51.6 Å². The van der Waals surface area contributed by atoms with Gasteiger partial charge in [-0.1, -0.05) is 122 Å². The van der Waals surface area contributed by atoms with E-state index in [2.05, 4.69) is 37.5 Å². The smallest absolute Gasteiger partial charge is 0.441 e. The van der Waals surface area contributed by atoms with Gasteiger partial charge in [-0.3, -0.25) is 19.9 Å². The van der Waals surface area contributed by atoms with Crippen LogP contribution in [0.25, 0.3) is 0 Å². The second-order valence-corrected chi connectivity index (χ2v) is 21.8. The number of nitro groups is 1. The first-order valence-corrected chi connectivity index (χ1v) is 27.0. The molecule has 20 heteroatoms. The van der Waals surface area contributed by atoms with Crippen LogP contribution in [0.1, 0.15) is 62.8 Å². The lowest BCUT2D eigenvalue weighted by Crippen LogP contribution is -2.45. The number of rotatable bonds is 19. The number of benzene rings is 4. The number of carbonyl (C=O) groups excluding carboxylic acids is 2. The Morgan fingerprint density at radius 1 is 0.653 bits per heavy atom. The van der Waals surface area contributed by atoms with Crippen LogP contribution < -0.4 is 5.73 Å². The fourth-order valence-electron chi connectivity index (χ4n) is 9.31. The minimum atomic E-state index is -2.42. The number of non-ortho nitro benzene ring substituents is 1. The quantitative estimate of drug-likeness (QED) is 0.0402. The van der Waals surface area contributed by atoms with E-state index in [4.69, 9.17) is 33.7 Å². The maximum absolute atomic E-state index is 13.1. The van der Waals surface area contributed by atoms with Gasteiger partial charge < -0.3 is 24.7 Å². The summed E-state index contributed by atoms with van der Waals surface area (Å²) in [6.45, 7) is 14.1. The molecule has 0 aliphatic carbocycles. The molecule has 72 heavy (non-hydrogen) atoms. The van der Waals surface area contributed by atoms with Gasteiger partial charge in [-0.25, -0.2) is 9.59 Å². The summed E-state index contributed by atoms with van der Waals surface area (Å²) in [6, 6.07) is 33.1. The predicted octanol–water partition coefficient (Wildman–Crippen LogP) is 9.57. The minimum absolute atomic E-state index is 0.0417. The Bertz CT molecular complexity index is 2390. The van der Waals surface area contributed by atoms with E-state index in [-0.39, 0.29) is 17.9 Å². The maximum Gasteiger partial charge on any atom is 0.652 e. The molecule has 4 aliphatic heterocycles. The molecule has 4 aromatic carbocycles. The summed E-state index contributed by atoms with van der Waals surface area (Å²) in [5.74, 6) is 0.763. The van der Waals surface area contributed by atoms with E-state index in [0.29, 0.717) is 90.1 Å². The van der Waals surface area contributed by atoms with Crippen LogP contribution in [-0.2, 0) is 63.1 Å². The van der Waals surface area contributed by atoms with E-state index in [0.717, 1.165) is 41.0 Å². The Labute approximate surface area is 424 Å². The van der Waals surface area contributed by atoms with Crippen molar-refractivity contribution in [2.45, 2.75) is 103 Å². The Hall–Kier alpha value is -5.42. The second-order valence-electron chi connectivity index (χ2n) is 19.5. The molecule has 4 fully saturated rings. The molecule has 2 amide bonds. The molecule has 4 aliphatic rings. The molecule has 0 bridgehead atoms. The number of hydrogen-bond acceptors (Lipinski definition) is 15. The summed E-state index contributed by atoms with van der Waals surface area (Å²) in [6.07, 6.45) is -0.584. The molecular weight excluding hydrogens is 963 g/mol. The van der Waals surface area contributed by atoms with Crippen LogP contribution in [0.4, 0.5) is 21.0 Å². The summed E-state index contributed by atoms with van der Waals surface area (Å²) >= 11 is 0. The van der Waals surface area contributed by atoms with Crippen molar-refractivity contribution in [2.24, 2.45) is 11.8 Å². The van der Waals surface area contributed by atoms with Crippen molar-refractivity contribution >= 4 is 39.9 Å². The van der Waals surface area contributed by atoms with Crippen molar-refractivity contribution in [3.05, 3.63) is 142 Å². The molecule has 0 spiro atoms. The third kappa shape index (κ3) is 15.8. The summed E-state index contributed by atoms with van der Waals surface area (Å²) < 4.78 is 62.5. The molecule has 4 aromatic rings. The molecule has 0 radical (unpaired) electrons. The number of nitrogen functional groups attached to an aromatic ring is 1. The van der Waals surface area contributed by atoms with Crippen LogP contribution in [0.2, 0.25) is 0 Å². The highest BCUT2D eigenvalue weighted by Crippen LogP contribution is 2.46. The first-order valence-electron chi connectivity index (χ1n) is 24.7. The monoisotopic (exact) mass is 1030 g/mol. The SMILES string of the molecule is CC(C)CN(Cc1ccc(N)cc1)C[C@H]1O[P+](=O)N(C(=O)O[C@H]2CCOC2)[C@H]1Cc1ccccc1.CC(C)CN(Cc1ccc([N+](=O)[O-])cc1)C[C@H]1O[P+](=O)N(C(=O)O[C@H]2CCOC2)[C@H]1Cc1ccccc1. The molecule has 0 saturated carbocycles. The summed E-state index contributed by atoms with van der Waals surface area (Å²) in [5, 5.41) is 11.0. The Morgan fingerprint density at radius 3 is 1.42 bits per heavy atom. The van der Waals surface area contributed by atoms with E-state index in [9.17, 15) is 28.8 Å². The van der Waals surface area contributed by atoms with Gasteiger partial charge in [0.05, 0.1) is 31.4 Å². The average molecular weight is 1030 g/mol. The van der Waals surface area contributed by atoms with Gasteiger partial charge in [-0.15, -0.1) is 9.05 Å². The predicted molar refractivity (Wildman–Crippen MR) is 272 cm³/mol. The lowest BCUT2D eigenvalue weighted by atomic mass is 10.00.